The number of phenols is 1. The van der Waals surface area contributed by atoms with Gasteiger partial charge >= 0.3 is 0 Å². The van der Waals surface area contributed by atoms with Crippen LogP contribution in [0.2, 0.25) is 0 Å². The van der Waals surface area contributed by atoms with E-state index < -0.39 is 0 Å². The Morgan fingerprint density at radius 3 is 2.62 bits per heavy atom. The van der Waals surface area contributed by atoms with Gasteiger partial charge < -0.3 is 15.7 Å². The van der Waals surface area contributed by atoms with Gasteiger partial charge in [-0.15, -0.1) is 0 Å². The van der Waals surface area contributed by atoms with E-state index in [-0.39, 0.29) is 5.54 Å². The van der Waals surface area contributed by atoms with Crippen molar-refractivity contribution in [2.75, 3.05) is 14.1 Å². The summed E-state index contributed by atoms with van der Waals surface area (Å²) in [5.41, 5.74) is 8.34. The second-order valence-electron chi connectivity index (χ2n) is 5.24. The van der Waals surface area contributed by atoms with E-state index >= 15 is 0 Å². The molecule has 0 saturated heterocycles. The number of hydrogen-bond donors (Lipinski definition) is 2. The molecule has 1 aromatic carbocycles. The molecule has 0 spiro atoms. The van der Waals surface area contributed by atoms with Crippen LogP contribution in [0.25, 0.3) is 0 Å². The molecule has 1 fully saturated rings. The summed E-state index contributed by atoms with van der Waals surface area (Å²) < 4.78 is 0. The van der Waals surface area contributed by atoms with Gasteiger partial charge in [-0.1, -0.05) is 12.1 Å². The largest absolute Gasteiger partial charge is 0.508 e. The molecule has 0 heterocycles. The van der Waals surface area contributed by atoms with Crippen LogP contribution in [0.3, 0.4) is 0 Å². The number of benzene rings is 1. The lowest BCUT2D eigenvalue weighted by Gasteiger charge is -2.14. The monoisotopic (exact) mass is 220 g/mol. The van der Waals surface area contributed by atoms with E-state index in [2.05, 4.69) is 6.07 Å². The van der Waals surface area contributed by atoms with Crippen LogP contribution in [0.4, 0.5) is 0 Å². The number of phenolic OH excluding ortho intramolecular Hbond substituents is 1. The number of nitrogens with zero attached hydrogens (tertiary/aromatic N) is 1. The molecular formula is C13H20N2O. The van der Waals surface area contributed by atoms with Crippen molar-refractivity contribution in [2.45, 2.75) is 31.3 Å². The van der Waals surface area contributed by atoms with E-state index in [1.807, 2.05) is 25.1 Å². The molecule has 3 nitrogen and oxygen atoms in total. The third-order valence-corrected chi connectivity index (χ3v) is 3.08. The standard InChI is InChI=1S/C13H20N2O/c1-15(2)9-11-7-10(3-4-12(11)16)8-13(14)5-6-13/h3-4,7,16H,5-6,8-9,14H2,1-2H3. The topological polar surface area (TPSA) is 49.5 Å². The minimum absolute atomic E-state index is 0.0341. The highest BCUT2D eigenvalue weighted by Crippen LogP contribution is 2.36. The smallest absolute Gasteiger partial charge is 0.120 e. The molecule has 0 amide bonds. The van der Waals surface area contributed by atoms with Gasteiger partial charge in [-0.3, -0.25) is 0 Å². The average molecular weight is 220 g/mol. The van der Waals surface area contributed by atoms with Crippen molar-refractivity contribution >= 4 is 0 Å². The second-order valence-corrected chi connectivity index (χ2v) is 5.24. The first kappa shape index (κ1) is 11.4. The van der Waals surface area contributed by atoms with Gasteiger partial charge in [0.05, 0.1) is 0 Å². The minimum atomic E-state index is 0.0341. The van der Waals surface area contributed by atoms with Crippen molar-refractivity contribution < 1.29 is 5.11 Å². The molecule has 0 aromatic heterocycles. The van der Waals surface area contributed by atoms with Crippen LogP contribution in [0.5, 0.6) is 5.75 Å². The Bertz CT molecular complexity index is 384. The molecular weight excluding hydrogens is 200 g/mol. The van der Waals surface area contributed by atoms with E-state index in [1.54, 1.807) is 6.07 Å². The Labute approximate surface area is 96.9 Å². The predicted molar refractivity (Wildman–Crippen MR) is 65.4 cm³/mol. The van der Waals surface area contributed by atoms with Crippen molar-refractivity contribution in [1.82, 2.24) is 4.90 Å². The Kier molecular flexibility index (Phi) is 2.91. The first-order chi connectivity index (χ1) is 7.48. The molecule has 3 N–H and O–H groups in total. The molecule has 3 heteroatoms. The van der Waals surface area contributed by atoms with Gasteiger partial charge in [0.1, 0.15) is 5.75 Å². The van der Waals surface area contributed by atoms with Crippen LogP contribution >= 0.6 is 0 Å². The van der Waals surface area contributed by atoms with Crippen molar-refractivity contribution in [2.24, 2.45) is 5.73 Å². The summed E-state index contributed by atoms with van der Waals surface area (Å²) in [7, 11) is 3.99. The summed E-state index contributed by atoms with van der Waals surface area (Å²) in [6.45, 7) is 0.761. The maximum Gasteiger partial charge on any atom is 0.120 e. The summed E-state index contributed by atoms with van der Waals surface area (Å²) in [6, 6.07) is 5.82. The van der Waals surface area contributed by atoms with Gasteiger partial charge in [0.25, 0.3) is 0 Å². The second kappa shape index (κ2) is 4.07. The fourth-order valence-corrected chi connectivity index (χ4v) is 1.96. The zero-order chi connectivity index (χ0) is 11.8. The highest BCUT2D eigenvalue weighted by atomic mass is 16.3. The first-order valence-corrected chi connectivity index (χ1v) is 5.73. The Morgan fingerprint density at radius 1 is 1.38 bits per heavy atom. The third kappa shape index (κ3) is 2.74. The Hall–Kier alpha value is -1.06. The van der Waals surface area contributed by atoms with E-state index in [0.717, 1.165) is 31.4 Å². The lowest BCUT2D eigenvalue weighted by Crippen LogP contribution is -2.24. The van der Waals surface area contributed by atoms with Gasteiger partial charge in [0.15, 0.2) is 0 Å². The van der Waals surface area contributed by atoms with Crippen LogP contribution in [-0.4, -0.2) is 29.6 Å². The van der Waals surface area contributed by atoms with Gasteiger partial charge in [-0.25, -0.2) is 0 Å². The normalized spacial score (nSPS) is 17.8. The van der Waals surface area contributed by atoms with Crippen molar-refractivity contribution in [3.8, 4) is 5.75 Å². The zero-order valence-electron chi connectivity index (χ0n) is 10.0. The average Bonchev–Trinajstić information content (AvgIpc) is 2.89. The molecule has 1 aliphatic rings. The fourth-order valence-electron chi connectivity index (χ4n) is 1.96. The Morgan fingerprint density at radius 2 is 2.06 bits per heavy atom. The van der Waals surface area contributed by atoms with E-state index in [4.69, 9.17) is 5.73 Å². The van der Waals surface area contributed by atoms with Crippen LogP contribution < -0.4 is 5.73 Å². The van der Waals surface area contributed by atoms with E-state index in [0.29, 0.717) is 5.75 Å². The van der Waals surface area contributed by atoms with Crippen molar-refractivity contribution in [3.63, 3.8) is 0 Å². The molecule has 0 aliphatic heterocycles. The quantitative estimate of drug-likeness (QED) is 0.808. The first-order valence-electron chi connectivity index (χ1n) is 5.73. The zero-order valence-corrected chi connectivity index (χ0v) is 10.0. The lowest BCUT2D eigenvalue weighted by atomic mass is 10.0. The summed E-state index contributed by atoms with van der Waals surface area (Å²) in [5, 5.41) is 9.74. The van der Waals surface area contributed by atoms with E-state index in [1.165, 1.54) is 5.56 Å². The highest BCUT2D eigenvalue weighted by molar-refractivity contribution is 5.37. The number of nitrogens with two attached hydrogens (primary N) is 1. The number of hydrogen-bond acceptors (Lipinski definition) is 3. The van der Waals surface area contributed by atoms with Crippen molar-refractivity contribution in [3.05, 3.63) is 29.3 Å². The van der Waals surface area contributed by atoms with Crippen LogP contribution in [-0.2, 0) is 13.0 Å². The molecule has 88 valence electrons. The molecule has 0 unspecified atom stereocenters. The maximum atomic E-state index is 9.74. The lowest BCUT2D eigenvalue weighted by molar-refractivity contribution is 0.385. The van der Waals surface area contributed by atoms with Gasteiger partial charge in [0, 0.05) is 17.6 Å². The predicted octanol–water partition coefficient (Wildman–Crippen LogP) is 1.49. The number of aromatic hydroxyl groups is 1. The molecule has 0 radical (unpaired) electrons. The van der Waals surface area contributed by atoms with Crippen LogP contribution in [0, 0.1) is 0 Å². The SMILES string of the molecule is CN(C)Cc1cc(CC2(N)CC2)ccc1O. The summed E-state index contributed by atoms with van der Waals surface area (Å²) >= 11 is 0. The molecule has 2 rings (SSSR count). The summed E-state index contributed by atoms with van der Waals surface area (Å²) in [4.78, 5) is 2.05. The molecule has 16 heavy (non-hydrogen) atoms. The van der Waals surface area contributed by atoms with E-state index in [9.17, 15) is 5.11 Å². The summed E-state index contributed by atoms with van der Waals surface area (Å²) in [5.74, 6) is 0.374. The maximum absolute atomic E-state index is 9.74. The fraction of sp³-hybridized carbons (Fsp3) is 0.538. The van der Waals surface area contributed by atoms with Gasteiger partial charge in [-0.05, 0) is 45.0 Å². The third-order valence-electron chi connectivity index (χ3n) is 3.08. The molecule has 0 atom stereocenters. The molecule has 1 aliphatic carbocycles. The van der Waals surface area contributed by atoms with Gasteiger partial charge in [0.2, 0.25) is 0 Å². The Balaban J connectivity index is 2.14. The van der Waals surface area contributed by atoms with Crippen LogP contribution in [0.15, 0.2) is 18.2 Å². The van der Waals surface area contributed by atoms with Gasteiger partial charge in [-0.2, -0.15) is 0 Å². The number of rotatable bonds is 4. The molecule has 1 aromatic rings. The summed E-state index contributed by atoms with van der Waals surface area (Å²) in [6.07, 6.45) is 3.17. The highest BCUT2D eigenvalue weighted by Gasteiger charge is 2.37. The molecule has 0 bridgehead atoms. The van der Waals surface area contributed by atoms with Crippen molar-refractivity contribution in [1.29, 1.82) is 0 Å². The molecule has 1 saturated carbocycles. The van der Waals surface area contributed by atoms with Crippen LogP contribution in [0.1, 0.15) is 24.0 Å². The minimum Gasteiger partial charge on any atom is -0.508 e.